The van der Waals surface area contributed by atoms with Gasteiger partial charge in [-0.05, 0) is 42.8 Å². The van der Waals surface area contributed by atoms with Gasteiger partial charge in [-0.25, -0.2) is 9.37 Å². The Labute approximate surface area is 176 Å². The fourth-order valence-corrected chi connectivity index (χ4v) is 3.81. The Balaban J connectivity index is 1.77. The molecular formula is C21H19ClFN3O2S. The first-order chi connectivity index (χ1) is 13.9. The van der Waals surface area contributed by atoms with Gasteiger partial charge in [0.1, 0.15) is 5.82 Å². The molecule has 0 aliphatic rings. The van der Waals surface area contributed by atoms with Crippen molar-refractivity contribution in [2.75, 3.05) is 5.75 Å². The van der Waals surface area contributed by atoms with E-state index in [1.165, 1.54) is 16.7 Å². The number of nitrogens with one attached hydrogen (secondary N) is 1. The van der Waals surface area contributed by atoms with Crippen molar-refractivity contribution in [2.45, 2.75) is 24.7 Å². The van der Waals surface area contributed by atoms with Crippen LogP contribution in [0.25, 0.3) is 10.9 Å². The molecular weight excluding hydrogens is 413 g/mol. The monoisotopic (exact) mass is 431 g/mol. The van der Waals surface area contributed by atoms with Gasteiger partial charge in [0.25, 0.3) is 5.56 Å². The molecule has 3 rings (SSSR count). The number of thioether (sulfide) groups is 1. The summed E-state index contributed by atoms with van der Waals surface area (Å²) in [4.78, 5) is 29.7. The molecule has 5 nitrogen and oxygen atoms in total. The standard InChI is InChI=1S/C21H19ClFN3O2S/c1-3-10-26-20(28)17-9-6-15(22)11-18(17)25-21(26)29-12-19(27)24-13(2)14-4-7-16(23)8-5-14/h3-9,11,13H,1,10,12H2,2H3,(H,24,27). The van der Waals surface area contributed by atoms with Crippen molar-refractivity contribution in [3.8, 4) is 0 Å². The van der Waals surface area contributed by atoms with E-state index in [0.29, 0.717) is 21.1 Å². The second-order valence-corrected chi connectivity index (χ2v) is 7.77. The van der Waals surface area contributed by atoms with Gasteiger partial charge in [0, 0.05) is 11.6 Å². The molecule has 0 fully saturated rings. The highest BCUT2D eigenvalue weighted by Crippen LogP contribution is 2.21. The summed E-state index contributed by atoms with van der Waals surface area (Å²) >= 11 is 7.18. The van der Waals surface area contributed by atoms with Crippen LogP contribution in [0.1, 0.15) is 18.5 Å². The molecule has 29 heavy (non-hydrogen) atoms. The Bertz CT molecular complexity index is 1120. The van der Waals surface area contributed by atoms with E-state index in [-0.39, 0.29) is 35.6 Å². The molecule has 1 amide bonds. The Morgan fingerprint density at radius 2 is 2.07 bits per heavy atom. The number of carbonyl (C=O) groups excluding carboxylic acids is 1. The van der Waals surface area contributed by atoms with E-state index in [9.17, 15) is 14.0 Å². The van der Waals surface area contributed by atoms with Gasteiger partial charge in [-0.15, -0.1) is 6.58 Å². The van der Waals surface area contributed by atoms with Crippen molar-refractivity contribution < 1.29 is 9.18 Å². The number of hydrogen-bond acceptors (Lipinski definition) is 4. The number of rotatable bonds is 7. The van der Waals surface area contributed by atoms with Crippen LogP contribution in [0.15, 0.2) is 65.1 Å². The number of amides is 1. The molecule has 1 heterocycles. The van der Waals surface area contributed by atoms with Crippen LogP contribution >= 0.6 is 23.4 Å². The first kappa shape index (κ1) is 21.1. The summed E-state index contributed by atoms with van der Waals surface area (Å²) in [5.74, 6) is -0.482. The van der Waals surface area contributed by atoms with Crippen LogP contribution in [-0.4, -0.2) is 21.2 Å². The number of halogens is 2. The summed E-state index contributed by atoms with van der Waals surface area (Å²) in [6.45, 7) is 5.78. The molecule has 3 aromatic rings. The maximum absolute atomic E-state index is 13.0. The smallest absolute Gasteiger partial charge is 0.262 e. The van der Waals surface area contributed by atoms with Gasteiger partial charge < -0.3 is 5.32 Å². The van der Waals surface area contributed by atoms with Gasteiger partial charge in [0.15, 0.2) is 5.16 Å². The van der Waals surface area contributed by atoms with Crippen molar-refractivity contribution in [3.05, 3.63) is 81.9 Å². The van der Waals surface area contributed by atoms with Crippen LogP contribution < -0.4 is 10.9 Å². The Morgan fingerprint density at radius 1 is 1.34 bits per heavy atom. The highest BCUT2D eigenvalue weighted by Gasteiger charge is 2.15. The fourth-order valence-electron chi connectivity index (χ4n) is 2.82. The number of fused-ring (bicyclic) bond motifs is 1. The number of aromatic nitrogens is 2. The average Bonchev–Trinajstić information content (AvgIpc) is 2.69. The minimum Gasteiger partial charge on any atom is -0.349 e. The minimum atomic E-state index is -0.328. The van der Waals surface area contributed by atoms with Crippen molar-refractivity contribution in [3.63, 3.8) is 0 Å². The SMILES string of the molecule is C=CCn1c(SCC(=O)NC(C)c2ccc(F)cc2)nc2cc(Cl)ccc2c1=O. The minimum absolute atomic E-state index is 0.0706. The molecule has 1 aromatic heterocycles. The van der Waals surface area contributed by atoms with E-state index >= 15 is 0 Å². The molecule has 8 heteroatoms. The number of allylic oxidation sites excluding steroid dienone is 1. The third kappa shape index (κ3) is 5.05. The molecule has 1 unspecified atom stereocenters. The zero-order valence-electron chi connectivity index (χ0n) is 15.7. The van der Waals surface area contributed by atoms with Crippen LogP contribution in [0.2, 0.25) is 5.02 Å². The molecule has 1 N–H and O–H groups in total. The van der Waals surface area contributed by atoms with E-state index in [1.54, 1.807) is 36.4 Å². The maximum Gasteiger partial charge on any atom is 0.262 e. The number of benzene rings is 2. The first-order valence-corrected chi connectivity index (χ1v) is 10.2. The van der Waals surface area contributed by atoms with Crippen molar-refractivity contribution in [1.82, 2.24) is 14.9 Å². The molecule has 0 aliphatic heterocycles. The summed E-state index contributed by atoms with van der Waals surface area (Å²) in [7, 11) is 0. The average molecular weight is 432 g/mol. The second-order valence-electron chi connectivity index (χ2n) is 6.39. The number of hydrogen-bond donors (Lipinski definition) is 1. The summed E-state index contributed by atoms with van der Waals surface area (Å²) in [5, 5.41) is 4.20. The van der Waals surface area contributed by atoms with Crippen molar-refractivity contribution in [1.29, 1.82) is 0 Å². The van der Waals surface area contributed by atoms with Gasteiger partial charge in [0.2, 0.25) is 5.91 Å². The van der Waals surface area contributed by atoms with Gasteiger partial charge >= 0.3 is 0 Å². The van der Waals surface area contributed by atoms with Gasteiger partial charge in [-0.1, -0.05) is 41.6 Å². The van der Waals surface area contributed by atoms with Crippen LogP contribution in [0.3, 0.4) is 0 Å². The molecule has 0 spiro atoms. The Kier molecular flexibility index (Phi) is 6.71. The summed E-state index contributed by atoms with van der Waals surface area (Å²) in [5.41, 5.74) is 1.06. The van der Waals surface area contributed by atoms with E-state index in [0.717, 1.165) is 17.3 Å². The lowest BCUT2D eigenvalue weighted by Gasteiger charge is -2.15. The van der Waals surface area contributed by atoms with Crippen molar-refractivity contribution in [2.24, 2.45) is 0 Å². The van der Waals surface area contributed by atoms with E-state index < -0.39 is 0 Å². The highest BCUT2D eigenvalue weighted by molar-refractivity contribution is 7.99. The zero-order chi connectivity index (χ0) is 21.0. The molecule has 150 valence electrons. The largest absolute Gasteiger partial charge is 0.349 e. The first-order valence-electron chi connectivity index (χ1n) is 8.87. The fraction of sp³-hybridized carbons (Fsp3) is 0.190. The van der Waals surface area contributed by atoms with E-state index in [4.69, 9.17) is 11.6 Å². The molecule has 0 bridgehead atoms. The molecule has 2 aromatic carbocycles. The molecule has 0 aliphatic carbocycles. The van der Waals surface area contributed by atoms with Gasteiger partial charge in [0.05, 0.1) is 22.7 Å². The van der Waals surface area contributed by atoms with E-state index in [1.807, 2.05) is 6.92 Å². The summed E-state index contributed by atoms with van der Waals surface area (Å²) < 4.78 is 14.5. The molecule has 1 atom stereocenters. The number of carbonyl (C=O) groups is 1. The van der Waals surface area contributed by atoms with Crippen molar-refractivity contribution >= 4 is 40.2 Å². The van der Waals surface area contributed by atoms with Crippen LogP contribution in [-0.2, 0) is 11.3 Å². The van der Waals surface area contributed by atoms with Crippen LogP contribution in [0.4, 0.5) is 4.39 Å². The normalized spacial score (nSPS) is 12.0. The lowest BCUT2D eigenvalue weighted by Crippen LogP contribution is -2.29. The Morgan fingerprint density at radius 3 is 2.76 bits per heavy atom. The predicted octanol–water partition coefficient (Wildman–Crippen LogP) is 4.34. The van der Waals surface area contributed by atoms with Crippen LogP contribution in [0, 0.1) is 5.82 Å². The zero-order valence-corrected chi connectivity index (χ0v) is 17.3. The summed E-state index contributed by atoms with van der Waals surface area (Å²) in [6, 6.07) is 10.6. The predicted molar refractivity (Wildman–Crippen MR) is 115 cm³/mol. The quantitative estimate of drug-likeness (QED) is 0.343. The molecule has 0 saturated carbocycles. The topological polar surface area (TPSA) is 64.0 Å². The molecule has 0 saturated heterocycles. The van der Waals surface area contributed by atoms with Gasteiger partial charge in [-0.2, -0.15) is 0 Å². The maximum atomic E-state index is 13.0. The van der Waals surface area contributed by atoms with E-state index in [2.05, 4.69) is 16.9 Å². The molecule has 0 radical (unpaired) electrons. The Hall–Kier alpha value is -2.64. The third-order valence-corrected chi connectivity index (χ3v) is 5.49. The second kappa shape index (κ2) is 9.24. The van der Waals surface area contributed by atoms with Crippen LogP contribution in [0.5, 0.6) is 0 Å². The third-order valence-electron chi connectivity index (χ3n) is 4.27. The summed E-state index contributed by atoms with van der Waals surface area (Å²) in [6.07, 6.45) is 1.60. The number of nitrogens with zero attached hydrogens (tertiary/aromatic N) is 2. The van der Waals surface area contributed by atoms with Gasteiger partial charge in [-0.3, -0.25) is 14.2 Å². The lowest BCUT2D eigenvalue weighted by atomic mass is 10.1. The lowest BCUT2D eigenvalue weighted by molar-refractivity contribution is -0.119. The highest BCUT2D eigenvalue weighted by atomic mass is 35.5.